The molecule has 0 heterocycles. The van der Waals surface area contributed by atoms with Gasteiger partial charge in [-0.2, -0.15) is 0 Å². The molecule has 0 saturated heterocycles. The number of aliphatic hydroxyl groups is 1. The maximum Gasteiger partial charge on any atom is 0.197 e. The monoisotopic (exact) mass is 223 g/mol. The third-order valence-electron chi connectivity index (χ3n) is 1.93. The van der Waals surface area contributed by atoms with Crippen molar-refractivity contribution in [2.45, 2.75) is 12.5 Å². The van der Waals surface area contributed by atoms with Gasteiger partial charge in [-0.05, 0) is 19.0 Å². The summed E-state index contributed by atoms with van der Waals surface area (Å²) in [6.07, 6.45) is -1.51. The summed E-state index contributed by atoms with van der Waals surface area (Å²) in [6.45, 7) is 0.0151. The second kappa shape index (κ2) is 4.59. The molecule has 0 fully saturated rings. The quantitative estimate of drug-likeness (QED) is 0.464. The average molecular weight is 223 g/mol. The fraction of sp³-hybridized carbons (Fsp3) is 0.333. The number of benzene rings is 1. The number of aliphatic hydroxyl groups excluding tert-OH is 1. The van der Waals surface area contributed by atoms with Crippen LogP contribution in [-0.4, -0.2) is 11.7 Å². The number of nitrogens with two attached hydrogens (primary N) is 1. The van der Waals surface area contributed by atoms with Crippen LogP contribution in [0.25, 0.3) is 0 Å². The Bertz CT molecular complexity index is 370. The summed E-state index contributed by atoms with van der Waals surface area (Å²) in [4.78, 5) is 0. The van der Waals surface area contributed by atoms with Gasteiger partial charge in [0, 0.05) is 5.56 Å². The van der Waals surface area contributed by atoms with Crippen LogP contribution in [0.1, 0.15) is 18.1 Å². The lowest BCUT2D eigenvalue weighted by molar-refractivity contribution is 0.163. The van der Waals surface area contributed by atoms with Crippen molar-refractivity contribution in [1.82, 2.24) is 0 Å². The molecule has 0 aliphatic rings. The summed E-state index contributed by atoms with van der Waals surface area (Å²) in [5, 5.41) is 9.27. The zero-order valence-corrected chi connectivity index (χ0v) is 7.61. The molecular formula is C9H9F4NO. The highest BCUT2D eigenvalue weighted by molar-refractivity contribution is 5.23. The lowest BCUT2D eigenvalue weighted by Gasteiger charge is -2.11. The van der Waals surface area contributed by atoms with Crippen LogP contribution in [0.15, 0.2) is 6.07 Å². The zero-order chi connectivity index (χ0) is 11.6. The molecule has 0 aromatic heterocycles. The van der Waals surface area contributed by atoms with Gasteiger partial charge in [0.05, 0.1) is 6.10 Å². The molecule has 6 heteroatoms. The first-order valence-corrected chi connectivity index (χ1v) is 4.20. The van der Waals surface area contributed by atoms with Gasteiger partial charge in [0.1, 0.15) is 0 Å². The van der Waals surface area contributed by atoms with E-state index in [9.17, 15) is 22.7 Å². The van der Waals surface area contributed by atoms with Crippen molar-refractivity contribution >= 4 is 0 Å². The van der Waals surface area contributed by atoms with Crippen LogP contribution in [0.4, 0.5) is 17.6 Å². The molecule has 1 atom stereocenters. The first kappa shape index (κ1) is 11.9. The Balaban J connectivity index is 3.19. The minimum atomic E-state index is -1.93. The largest absolute Gasteiger partial charge is 0.388 e. The molecule has 0 saturated carbocycles. The van der Waals surface area contributed by atoms with Gasteiger partial charge in [-0.1, -0.05) is 0 Å². The second-order valence-electron chi connectivity index (χ2n) is 2.98. The minimum Gasteiger partial charge on any atom is -0.388 e. The van der Waals surface area contributed by atoms with E-state index in [-0.39, 0.29) is 13.0 Å². The summed E-state index contributed by atoms with van der Waals surface area (Å²) in [5.41, 5.74) is 4.45. The molecule has 15 heavy (non-hydrogen) atoms. The fourth-order valence-electron chi connectivity index (χ4n) is 1.15. The van der Waals surface area contributed by atoms with Gasteiger partial charge >= 0.3 is 0 Å². The lowest BCUT2D eigenvalue weighted by Crippen LogP contribution is -2.11. The van der Waals surface area contributed by atoms with E-state index >= 15 is 0 Å². The molecule has 1 aromatic rings. The maximum absolute atomic E-state index is 13.0. The normalized spacial score (nSPS) is 12.9. The van der Waals surface area contributed by atoms with Crippen LogP contribution in [0.5, 0.6) is 0 Å². The van der Waals surface area contributed by atoms with E-state index in [1.165, 1.54) is 0 Å². The number of halogens is 4. The minimum absolute atomic E-state index is 0.0151. The molecule has 0 spiro atoms. The van der Waals surface area contributed by atoms with Crippen LogP contribution >= 0.6 is 0 Å². The summed E-state index contributed by atoms with van der Waals surface area (Å²) in [6, 6.07) is 0.425. The van der Waals surface area contributed by atoms with E-state index in [1.807, 2.05) is 0 Å². The van der Waals surface area contributed by atoms with Gasteiger partial charge in [0.15, 0.2) is 23.3 Å². The lowest BCUT2D eigenvalue weighted by atomic mass is 10.1. The standard InChI is InChI=1S/C9H9F4NO/c10-5-3-4(6(15)1-2-14)7(11)9(13)8(5)12/h3,6,15H,1-2,14H2/t6-/m0/s1. The smallest absolute Gasteiger partial charge is 0.197 e. The Labute approximate surface area is 83.3 Å². The SMILES string of the molecule is NCC[C@H](O)c1cc(F)c(F)c(F)c1F. The summed E-state index contributed by atoms with van der Waals surface area (Å²) < 4.78 is 51.0. The Morgan fingerprint density at radius 3 is 2.27 bits per heavy atom. The molecule has 0 bridgehead atoms. The molecule has 0 radical (unpaired) electrons. The van der Waals surface area contributed by atoms with Crippen LogP contribution in [0, 0.1) is 23.3 Å². The van der Waals surface area contributed by atoms with Gasteiger partial charge in [-0.3, -0.25) is 0 Å². The van der Waals surface area contributed by atoms with Crippen LogP contribution in [0.2, 0.25) is 0 Å². The van der Waals surface area contributed by atoms with Crippen LogP contribution < -0.4 is 5.73 Å². The molecule has 1 aromatic carbocycles. The summed E-state index contributed by atoms with van der Waals surface area (Å²) >= 11 is 0. The predicted octanol–water partition coefficient (Wildman–Crippen LogP) is 1.63. The Morgan fingerprint density at radius 2 is 1.73 bits per heavy atom. The summed E-state index contributed by atoms with van der Waals surface area (Å²) in [5.74, 6) is -6.95. The Kier molecular flexibility index (Phi) is 3.65. The van der Waals surface area contributed by atoms with E-state index in [0.29, 0.717) is 6.07 Å². The van der Waals surface area contributed by atoms with Crippen molar-refractivity contribution in [3.63, 3.8) is 0 Å². The highest BCUT2D eigenvalue weighted by Gasteiger charge is 2.22. The first-order valence-electron chi connectivity index (χ1n) is 4.20. The first-order chi connectivity index (χ1) is 6.99. The third kappa shape index (κ3) is 2.27. The van der Waals surface area contributed by atoms with Crippen molar-refractivity contribution in [3.8, 4) is 0 Å². The van der Waals surface area contributed by atoms with Gasteiger partial charge in [-0.25, -0.2) is 17.6 Å². The van der Waals surface area contributed by atoms with E-state index in [0.717, 1.165) is 0 Å². The summed E-state index contributed by atoms with van der Waals surface area (Å²) in [7, 11) is 0. The topological polar surface area (TPSA) is 46.2 Å². The molecule has 84 valence electrons. The van der Waals surface area contributed by atoms with Crippen LogP contribution in [-0.2, 0) is 0 Å². The van der Waals surface area contributed by atoms with Crippen molar-refractivity contribution < 1.29 is 22.7 Å². The fourth-order valence-corrected chi connectivity index (χ4v) is 1.15. The molecule has 3 N–H and O–H groups in total. The van der Waals surface area contributed by atoms with E-state index in [1.54, 1.807) is 0 Å². The number of rotatable bonds is 3. The molecule has 0 amide bonds. The van der Waals surface area contributed by atoms with Gasteiger partial charge in [0.25, 0.3) is 0 Å². The van der Waals surface area contributed by atoms with Crippen LogP contribution in [0.3, 0.4) is 0 Å². The average Bonchev–Trinajstić information content (AvgIpc) is 2.20. The van der Waals surface area contributed by atoms with E-state index < -0.39 is 34.9 Å². The Morgan fingerprint density at radius 1 is 1.13 bits per heavy atom. The van der Waals surface area contributed by atoms with E-state index in [2.05, 4.69) is 0 Å². The molecule has 0 aliphatic carbocycles. The second-order valence-corrected chi connectivity index (χ2v) is 2.98. The van der Waals surface area contributed by atoms with E-state index in [4.69, 9.17) is 5.73 Å². The number of hydrogen-bond acceptors (Lipinski definition) is 2. The molecule has 0 aliphatic heterocycles. The molecule has 0 unspecified atom stereocenters. The molecular weight excluding hydrogens is 214 g/mol. The van der Waals surface area contributed by atoms with Crippen molar-refractivity contribution in [3.05, 3.63) is 34.9 Å². The third-order valence-corrected chi connectivity index (χ3v) is 1.93. The van der Waals surface area contributed by atoms with Gasteiger partial charge in [-0.15, -0.1) is 0 Å². The maximum atomic E-state index is 13.0. The zero-order valence-electron chi connectivity index (χ0n) is 7.61. The van der Waals surface area contributed by atoms with Crippen molar-refractivity contribution in [1.29, 1.82) is 0 Å². The highest BCUT2D eigenvalue weighted by Crippen LogP contribution is 2.25. The molecule has 2 nitrogen and oxygen atoms in total. The molecule has 1 rings (SSSR count). The van der Waals surface area contributed by atoms with Gasteiger partial charge < -0.3 is 10.8 Å². The van der Waals surface area contributed by atoms with Crippen molar-refractivity contribution in [2.75, 3.05) is 6.54 Å². The highest BCUT2D eigenvalue weighted by atomic mass is 19.2. The van der Waals surface area contributed by atoms with Crippen molar-refractivity contribution in [2.24, 2.45) is 5.73 Å². The predicted molar refractivity (Wildman–Crippen MR) is 44.9 cm³/mol. The van der Waals surface area contributed by atoms with Gasteiger partial charge in [0.2, 0.25) is 0 Å². The number of hydrogen-bond donors (Lipinski definition) is 2. The Hall–Kier alpha value is -1.14.